The van der Waals surface area contributed by atoms with E-state index in [1.165, 1.54) is 6.33 Å². The molecule has 2 rings (SSSR count). The SMILES string of the molecule is CCCn1cnc(C(N)=O)c1NC(=O)CN(C)C1CCS(=O)(=O)C1. The van der Waals surface area contributed by atoms with Gasteiger partial charge in [0.1, 0.15) is 5.82 Å². The fourth-order valence-electron chi connectivity index (χ4n) is 2.75. The van der Waals surface area contributed by atoms with Crippen molar-refractivity contribution in [3.05, 3.63) is 12.0 Å². The zero-order chi connectivity index (χ0) is 17.9. The third-order valence-electron chi connectivity index (χ3n) is 4.02. The molecular weight excluding hydrogens is 334 g/mol. The van der Waals surface area contributed by atoms with E-state index in [0.717, 1.165) is 6.42 Å². The summed E-state index contributed by atoms with van der Waals surface area (Å²) in [7, 11) is -1.30. The molecular formula is C14H23N5O4S. The topological polar surface area (TPSA) is 127 Å². The summed E-state index contributed by atoms with van der Waals surface area (Å²) in [6.45, 7) is 2.58. The number of sulfone groups is 1. The van der Waals surface area contributed by atoms with Crippen molar-refractivity contribution in [2.24, 2.45) is 5.73 Å². The highest BCUT2D eigenvalue weighted by Gasteiger charge is 2.31. The Bertz CT molecular complexity index is 728. The number of hydrogen-bond donors (Lipinski definition) is 2. The Hall–Kier alpha value is -1.94. The lowest BCUT2D eigenvalue weighted by molar-refractivity contribution is -0.117. The van der Waals surface area contributed by atoms with Crippen LogP contribution in [-0.2, 0) is 21.2 Å². The van der Waals surface area contributed by atoms with Crippen LogP contribution in [0.1, 0.15) is 30.3 Å². The number of carbonyl (C=O) groups is 2. The summed E-state index contributed by atoms with van der Waals surface area (Å²) in [4.78, 5) is 29.4. The molecule has 2 amide bonds. The number of aromatic nitrogens is 2. The van der Waals surface area contributed by atoms with Crippen LogP contribution in [-0.4, -0.2) is 65.8 Å². The van der Waals surface area contributed by atoms with Crippen molar-refractivity contribution in [2.45, 2.75) is 32.4 Å². The Labute approximate surface area is 141 Å². The number of imidazole rings is 1. The molecule has 1 saturated heterocycles. The number of nitrogens with one attached hydrogen (secondary N) is 1. The van der Waals surface area contributed by atoms with Gasteiger partial charge in [-0.3, -0.25) is 14.5 Å². The number of likely N-dealkylation sites (N-methyl/N-ethyl adjacent to an activating group) is 1. The average molecular weight is 357 g/mol. The van der Waals surface area contributed by atoms with E-state index in [2.05, 4.69) is 10.3 Å². The van der Waals surface area contributed by atoms with Crippen molar-refractivity contribution in [1.29, 1.82) is 0 Å². The zero-order valence-electron chi connectivity index (χ0n) is 13.9. The van der Waals surface area contributed by atoms with Gasteiger partial charge in [0.15, 0.2) is 15.5 Å². The van der Waals surface area contributed by atoms with Crippen molar-refractivity contribution in [1.82, 2.24) is 14.5 Å². The van der Waals surface area contributed by atoms with E-state index in [4.69, 9.17) is 5.73 Å². The van der Waals surface area contributed by atoms with Gasteiger partial charge in [-0.1, -0.05) is 6.92 Å². The summed E-state index contributed by atoms with van der Waals surface area (Å²) in [5, 5.41) is 2.67. The monoisotopic (exact) mass is 357 g/mol. The lowest BCUT2D eigenvalue weighted by Gasteiger charge is -2.22. The molecule has 134 valence electrons. The molecule has 10 heteroatoms. The number of carbonyl (C=O) groups excluding carboxylic acids is 2. The molecule has 2 heterocycles. The molecule has 1 aliphatic rings. The smallest absolute Gasteiger partial charge is 0.271 e. The summed E-state index contributed by atoms with van der Waals surface area (Å²) in [6.07, 6.45) is 2.79. The van der Waals surface area contributed by atoms with Crippen molar-refractivity contribution < 1.29 is 18.0 Å². The highest BCUT2D eigenvalue weighted by atomic mass is 32.2. The number of rotatable bonds is 7. The fourth-order valence-corrected chi connectivity index (χ4v) is 4.56. The van der Waals surface area contributed by atoms with Crippen molar-refractivity contribution in [2.75, 3.05) is 30.4 Å². The molecule has 9 nitrogen and oxygen atoms in total. The molecule has 1 unspecified atom stereocenters. The standard InChI is InChI=1S/C14H23N5O4S/c1-3-5-19-9-16-12(13(15)21)14(19)17-11(20)7-18(2)10-4-6-24(22,23)8-10/h9-10H,3-8H2,1-2H3,(H2,15,21)(H,17,20). The Balaban J connectivity index is 2.04. The van der Waals surface area contributed by atoms with Gasteiger partial charge in [0.25, 0.3) is 5.91 Å². The Morgan fingerprint density at radius 1 is 1.50 bits per heavy atom. The van der Waals surface area contributed by atoms with Gasteiger partial charge >= 0.3 is 0 Å². The van der Waals surface area contributed by atoms with Gasteiger partial charge in [0.05, 0.1) is 24.4 Å². The summed E-state index contributed by atoms with van der Waals surface area (Å²) >= 11 is 0. The van der Waals surface area contributed by atoms with Crippen LogP contribution in [0.4, 0.5) is 5.82 Å². The molecule has 1 atom stereocenters. The lowest BCUT2D eigenvalue weighted by atomic mass is 10.2. The predicted molar refractivity (Wildman–Crippen MR) is 89.4 cm³/mol. The van der Waals surface area contributed by atoms with Crippen LogP contribution in [0.2, 0.25) is 0 Å². The summed E-state index contributed by atoms with van der Waals surface area (Å²) in [5.41, 5.74) is 5.30. The van der Waals surface area contributed by atoms with Gasteiger partial charge in [0.2, 0.25) is 5.91 Å². The van der Waals surface area contributed by atoms with Crippen LogP contribution >= 0.6 is 0 Å². The quantitative estimate of drug-likeness (QED) is 0.674. The first-order chi connectivity index (χ1) is 11.2. The minimum atomic E-state index is -3.01. The second-order valence-electron chi connectivity index (χ2n) is 6.02. The molecule has 0 aliphatic carbocycles. The second-order valence-corrected chi connectivity index (χ2v) is 8.25. The van der Waals surface area contributed by atoms with Crippen LogP contribution in [0.5, 0.6) is 0 Å². The van der Waals surface area contributed by atoms with Crippen molar-refractivity contribution >= 4 is 27.5 Å². The minimum Gasteiger partial charge on any atom is -0.364 e. The summed E-state index contributed by atoms with van der Waals surface area (Å²) < 4.78 is 24.7. The average Bonchev–Trinajstić information content (AvgIpc) is 3.03. The van der Waals surface area contributed by atoms with E-state index in [1.54, 1.807) is 16.5 Å². The highest BCUT2D eigenvalue weighted by Crippen LogP contribution is 2.18. The van der Waals surface area contributed by atoms with Crippen LogP contribution in [0.15, 0.2) is 6.33 Å². The molecule has 0 bridgehead atoms. The number of nitrogens with two attached hydrogens (primary N) is 1. The number of primary amides is 1. The van der Waals surface area contributed by atoms with Crippen LogP contribution in [0, 0.1) is 0 Å². The summed E-state index contributed by atoms with van der Waals surface area (Å²) in [5.74, 6) is -0.560. The minimum absolute atomic E-state index is 0.0166. The van der Waals surface area contributed by atoms with Crippen LogP contribution in [0.3, 0.4) is 0 Å². The molecule has 1 aromatic heterocycles. The molecule has 0 saturated carbocycles. The van der Waals surface area contributed by atoms with E-state index in [-0.39, 0.29) is 41.5 Å². The second kappa shape index (κ2) is 7.31. The van der Waals surface area contributed by atoms with Gasteiger partial charge in [-0.05, 0) is 19.9 Å². The largest absolute Gasteiger partial charge is 0.364 e. The van der Waals surface area contributed by atoms with Crippen LogP contribution < -0.4 is 11.1 Å². The number of amides is 2. The number of hydrogen-bond acceptors (Lipinski definition) is 6. The molecule has 24 heavy (non-hydrogen) atoms. The third kappa shape index (κ3) is 4.32. The van der Waals surface area contributed by atoms with E-state index < -0.39 is 15.7 Å². The molecule has 0 spiro atoms. The van der Waals surface area contributed by atoms with Crippen molar-refractivity contribution in [3.8, 4) is 0 Å². The summed E-state index contributed by atoms with van der Waals surface area (Å²) in [6, 6.07) is -0.170. The van der Waals surface area contributed by atoms with Gasteiger partial charge in [-0.25, -0.2) is 13.4 Å². The van der Waals surface area contributed by atoms with Gasteiger partial charge in [0, 0.05) is 12.6 Å². The van der Waals surface area contributed by atoms with Crippen LogP contribution in [0.25, 0.3) is 0 Å². The predicted octanol–water partition coefficient (Wildman–Crippen LogP) is -0.551. The maximum Gasteiger partial charge on any atom is 0.271 e. The number of aryl methyl sites for hydroxylation is 1. The van der Waals surface area contributed by atoms with E-state index in [0.29, 0.717) is 13.0 Å². The fraction of sp³-hybridized carbons (Fsp3) is 0.643. The molecule has 0 radical (unpaired) electrons. The third-order valence-corrected chi connectivity index (χ3v) is 5.77. The Morgan fingerprint density at radius 2 is 2.21 bits per heavy atom. The van der Waals surface area contributed by atoms with E-state index >= 15 is 0 Å². The molecule has 1 aromatic rings. The number of anilines is 1. The maximum absolute atomic E-state index is 12.3. The van der Waals surface area contributed by atoms with Crippen molar-refractivity contribution in [3.63, 3.8) is 0 Å². The number of nitrogens with zero attached hydrogens (tertiary/aromatic N) is 3. The van der Waals surface area contributed by atoms with Gasteiger partial charge in [-0.2, -0.15) is 0 Å². The van der Waals surface area contributed by atoms with E-state index in [9.17, 15) is 18.0 Å². The highest BCUT2D eigenvalue weighted by molar-refractivity contribution is 7.91. The lowest BCUT2D eigenvalue weighted by Crippen LogP contribution is -2.39. The zero-order valence-corrected chi connectivity index (χ0v) is 14.7. The molecule has 1 fully saturated rings. The molecule has 0 aromatic carbocycles. The Kier molecular flexibility index (Phi) is 5.60. The van der Waals surface area contributed by atoms with Gasteiger partial charge in [-0.15, -0.1) is 0 Å². The molecule has 1 aliphatic heterocycles. The first kappa shape index (κ1) is 18.4. The maximum atomic E-state index is 12.3. The first-order valence-electron chi connectivity index (χ1n) is 7.79. The van der Waals surface area contributed by atoms with Gasteiger partial charge < -0.3 is 15.6 Å². The molecule has 3 N–H and O–H groups in total. The first-order valence-corrected chi connectivity index (χ1v) is 9.61. The Morgan fingerprint density at radius 3 is 2.75 bits per heavy atom. The normalized spacial score (nSPS) is 19.5. The van der Waals surface area contributed by atoms with E-state index in [1.807, 2.05) is 6.92 Å².